The number of hydrogen-bond donors (Lipinski definition) is 0. The summed E-state index contributed by atoms with van der Waals surface area (Å²) >= 11 is 3.48. The van der Waals surface area contributed by atoms with Crippen molar-refractivity contribution in [3.8, 4) is 0 Å². The number of esters is 1. The number of rotatable bonds is 4. The molecular formula is C16H20BrNO2. The smallest absolute Gasteiger partial charge is 0.340 e. The first-order valence-corrected chi connectivity index (χ1v) is 7.70. The van der Waals surface area contributed by atoms with Crippen molar-refractivity contribution in [1.29, 1.82) is 0 Å². The van der Waals surface area contributed by atoms with Gasteiger partial charge in [0.25, 0.3) is 0 Å². The van der Waals surface area contributed by atoms with Crippen LogP contribution in [-0.2, 0) is 11.3 Å². The molecule has 0 saturated heterocycles. The van der Waals surface area contributed by atoms with Crippen LogP contribution in [0.4, 0.5) is 0 Å². The van der Waals surface area contributed by atoms with E-state index < -0.39 is 0 Å². The lowest BCUT2D eigenvalue weighted by Gasteiger charge is -2.11. The SMILES string of the molecule is CCOC(=O)c1c(C)n(CC(C)C)c2ccc(Br)cc12. The van der Waals surface area contributed by atoms with Crippen LogP contribution in [0, 0.1) is 12.8 Å². The standard InChI is InChI=1S/C16H20BrNO2/c1-5-20-16(19)15-11(4)18(9-10(2)3)14-7-6-12(17)8-13(14)15/h6-8,10H,5,9H2,1-4H3. The van der Waals surface area contributed by atoms with Crippen LogP contribution in [-0.4, -0.2) is 17.1 Å². The Bertz CT molecular complexity index is 643. The zero-order valence-electron chi connectivity index (χ0n) is 12.4. The van der Waals surface area contributed by atoms with Gasteiger partial charge in [0.2, 0.25) is 0 Å². The summed E-state index contributed by atoms with van der Waals surface area (Å²) in [4.78, 5) is 12.2. The number of carbonyl (C=O) groups is 1. The summed E-state index contributed by atoms with van der Waals surface area (Å²) in [7, 11) is 0. The molecule has 0 radical (unpaired) electrons. The van der Waals surface area contributed by atoms with Crippen LogP contribution in [0.3, 0.4) is 0 Å². The highest BCUT2D eigenvalue weighted by Gasteiger charge is 2.21. The topological polar surface area (TPSA) is 31.2 Å². The lowest BCUT2D eigenvalue weighted by Crippen LogP contribution is -2.09. The molecule has 0 spiro atoms. The first-order valence-electron chi connectivity index (χ1n) is 6.91. The third kappa shape index (κ3) is 2.75. The Morgan fingerprint density at radius 2 is 2.10 bits per heavy atom. The second-order valence-corrected chi connectivity index (χ2v) is 6.26. The minimum atomic E-state index is -0.240. The van der Waals surface area contributed by atoms with Gasteiger partial charge in [0.05, 0.1) is 12.2 Å². The summed E-state index contributed by atoms with van der Waals surface area (Å²) in [6.07, 6.45) is 0. The van der Waals surface area contributed by atoms with Gasteiger partial charge >= 0.3 is 5.97 Å². The molecule has 0 aliphatic rings. The Hall–Kier alpha value is -1.29. The fourth-order valence-corrected chi connectivity index (χ4v) is 2.88. The maximum atomic E-state index is 12.2. The number of halogens is 1. The maximum Gasteiger partial charge on any atom is 0.340 e. The molecule has 3 nitrogen and oxygen atoms in total. The molecule has 0 bridgehead atoms. The zero-order valence-corrected chi connectivity index (χ0v) is 14.0. The van der Waals surface area contributed by atoms with Crippen molar-refractivity contribution >= 4 is 32.8 Å². The molecule has 0 N–H and O–H groups in total. The molecule has 0 saturated carbocycles. The number of carbonyl (C=O) groups excluding carboxylic acids is 1. The molecule has 0 unspecified atom stereocenters. The van der Waals surface area contributed by atoms with E-state index in [1.165, 1.54) is 0 Å². The molecule has 0 aliphatic heterocycles. The van der Waals surface area contributed by atoms with E-state index in [0.29, 0.717) is 18.1 Å². The van der Waals surface area contributed by atoms with Gasteiger partial charge in [0, 0.05) is 27.6 Å². The van der Waals surface area contributed by atoms with Gasteiger partial charge in [-0.1, -0.05) is 29.8 Å². The average molecular weight is 338 g/mol. The van der Waals surface area contributed by atoms with Gasteiger partial charge < -0.3 is 9.30 Å². The van der Waals surface area contributed by atoms with Crippen molar-refractivity contribution in [2.75, 3.05) is 6.61 Å². The second-order valence-electron chi connectivity index (χ2n) is 5.35. The van der Waals surface area contributed by atoms with Crippen LogP contribution in [0.25, 0.3) is 10.9 Å². The van der Waals surface area contributed by atoms with E-state index in [1.54, 1.807) is 0 Å². The van der Waals surface area contributed by atoms with Gasteiger partial charge in [-0.15, -0.1) is 0 Å². The van der Waals surface area contributed by atoms with Gasteiger partial charge in [0.15, 0.2) is 0 Å². The number of ether oxygens (including phenoxy) is 1. The minimum absolute atomic E-state index is 0.240. The highest BCUT2D eigenvalue weighted by molar-refractivity contribution is 9.10. The molecule has 4 heteroatoms. The third-order valence-electron chi connectivity index (χ3n) is 3.31. The zero-order chi connectivity index (χ0) is 14.9. The second kappa shape index (κ2) is 6.00. The summed E-state index contributed by atoms with van der Waals surface area (Å²) in [6, 6.07) is 6.05. The lowest BCUT2D eigenvalue weighted by molar-refractivity contribution is 0.0527. The van der Waals surface area contributed by atoms with E-state index in [1.807, 2.05) is 26.0 Å². The van der Waals surface area contributed by atoms with Gasteiger partial charge in [-0.2, -0.15) is 0 Å². The molecular weight excluding hydrogens is 318 g/mol. The van der Waals surface area contributed by atoms with E-state index in [2.05, 4.69) is 40.4 Å². The fourth-order valence-electron chi connectivity index (χ4n) is 2.52. The predicted molar refractivity (Wildman–Crippen MR) is 85.2 cm³/mol. The van der Waals surface area contributed by atoms with Crippen molar-refractivity contribution in [2.24, 2.45) is 5.92 Å². The van der Waals surface area contributed by atoms with Crippen molar-refractivity contribution in [3.63, 3.8) is 0 Å². The lowest BCUT2D eigenvalue weighted by atomic mass is 10.1. The quantitative estimate of drug-likeness (QED) is 0.766. The molecule has 108 valence electrons. The first-order chi connectivity index (χ1) is 9.45. The van der Waals surface area contributed by atoms with Crippen LogP contribution in [0.15, 0.2) is 22.7 Å². The van der Waals surface area contributed by atoms with Gasteiger partial charge in [0.1, 0.15) is 0 Å². The van der Waals surface area contributed by atoms with Crippen LogP contribution in [0.2, 0.25) is 0 Å². The van der Waals surface area contributed by atoms with Crippen molar-refractivity contribution in [3.05, 3.63) is 33.9 Å². The molecule has 0 atom stereocenters. The highest BCUT2D eigenvalue weighted by atomic mass is 79.9. The fraction of sp³-hybridized carbons (Fsp3) is 0.438. The van der Waals surface area contributed by atoms with Gasteiger partial charge in [-0.05, 0) is 38.0 Å². The molecule has 20 heavy (non-hydrogen) atoms. The van der Waals surface area contributed by atoms with Crippen LogP contribution < -0.4 is 0 Å². The summed E-state index contributed by atoms with van der Waals surface area (Å²) in [5.74, 6) is 0.276. The first kappa shape index (κ1) is 15.1. The molecule has 1 aromatic carbocycles. The number of nitrogens with zero attached hydrogens (tertiary/aromatic N) is 1. The van der Waals surface area contributed by atoms with E-state index in [9.17, 15) is 4.79 Å². The summed E-state index contributed by atoms with van der Waals surface area (Å²) in [5.41, 5.74) is 2.75. The molecule has 1 heterocycles. The summed E-state index contributed by atoms with van der Waals surface area (Å²) in [5, 5.41) is 0.955. The van der Waals surface area contributed by atoms with Gasteiger partial charge in [-0.3, -0.25) is 0 Å². The van der Waals surface area contributed by atoms with Crippen LogP contribution >= 0.6 is 15.9 Å². The third-order valence-corrected chi connectivity index (χ3v) is 3.81. The van der Waals surface area contributed by atoms with Crippen LogP contribution in [0.5, 0.6) is 0 Å². The Morgan fingerprint density at radius 1 is 1.40 bits per heavy atom. The van der Waals surface area contributed by atoms with E-state index in [4.69, 9.17) is 4.74 Å². The van der Waals surface area contributed by atoms with Crippen molar-refractivity contribution in [1.82, 2.24) is 4.57 Å². The highest BCUT2D eigenvalue weighted by Crippen LogP contribution is 2.30. The largest absolute Gasteiger partial charge is 0.462 e. The monoisotopic (exact) mass is 337 g/mol. The Labute approximate surface area is 128 Å². The predicted octanol–water partition coefficient (Wildman–Crippen LogP) is 4.54. The molecule has 1 aromatic heterocycles. The number of benzene rings is 1. The molecule has 2 rings (SSSR count). The number of fused-ring (bicyclic) bond motifs is 1. The molecule has 0 amide bonds. The van der Waals surface area contributed by atoms with Crippen molar-refractivity contribution in [2.45, 2.75) is 34.2 Å². The van der Waals surface area contributed by atoms with Crippen LogP contribution in [0.1, 0.15) is 36.8 Å². The van der Waals surface area contributed by atoms with Gasteiger partial charge in [-0.25, -0.2) is 4.79 Å². The van der Waals surface area contributed by atoms with Crippen molar-refractivity contribution < 1.29 is 9.53 Å². The number of aromatic nitrogens is 1. The summed E-state index contributed by atoms with van der Waals surface area (Å²) < 4.78 is 8.38. The Morgan fingerprint density at radius 3 is 2.70 bits per heavy atom. The average Bonchev–Trinajstić information content (AvgIpc) is 2.61. The van der Waals surface area contributed by atoms with E-state index in [0.717, 1.165) is 27.6 Å². The molecule has 0 fully saturated rings. The maximum absolute atomic E-state index is 12.2. The Kier molecular flexibility index (Phi) is 4.53. The minimum Gasteiger partial charge on any atom is -0.462 e. The summed E-state index contributed by atoms with van der Waals surface area (Å²) in [6.45, 7) is 9.45. The molecule has 2 aromatic rings. The molecule has 0 aliphatic carbocycles. The Balaban J connectivity index is 2.69. The number of hydrogen-bond acceptors (Lipinski definition) is 2. The van der Waals surface area contributed by atoms with E-state index in [-0.39, 0.29) is 5.97 Å². The normalized spacial score (nSPS) is 11.3. The van der Waals surface area contributed by atoms with E-state index >= 15 is 0 Å².